The van der Waals surface area contributed by atoms with Crippen molar-refractivity contribution < 1.29 is 27.9 Å². The maximum Gasteiger partial charge on any atom is 0.337 e. The Bertz CT molecular complexity index is 1790. The van der Waals surface area contributed by atoms with Crippen LogP contribution in [0.5, 0.6) is 5.75 Å². The van der Waals surface area contributed by atoms with E-state index >= 15 is 0 Å². The number of methoxy groups -OCH3 is 1. The fraction of sp³-hybridized carbons (Fsp3) is 0.250. The molecule has 3 aromatic carbocycles. The molecule has 0 saturated carbocycles. The number of fused-ring (bicyclic) bond motifs is 1. The fourth-order valence-electron chi connectivity index (χ4n) is 5.66. The molecule has 1 saturated heterocycles. The highest BCUT2D eigenvalue weighted by Crippen LogP contribution is 2.31. The molecule has 0 radical (unpaired) electrons. The van der Waals surface area contributed by atoms with Crippen LogP contribution in [-0.4, -0.2) is 43.5 Å². The summed E-state index contributed by atoms with van der Waals surface area (Å²) in [7, 11) is 1.36. The molecule has 0 amide bonds. The molecular formula is C36H33FN2O5. The zero-order chi connectivity index (χ0) is 30.6. The van der Waals surface area contributed by atoms with Gasteiger partial charge in [-0.1, -0.05) is 30.3 Å². The van der Waals surface area contributed by atoms with Gasteiger partial charge in [-0.25, -0.2) is 14.2 Å². The summed E-state index contributed by atoms with van der Waals surface area (Å²) in [6.45, 7) is 4.20. The van der Waals surface area contributed by atoms with Crippen molar-refractivity contribution in [2.75, 3.05) is 31.7 Å². The summed E-state index contributed by atoms with van der Waals surface area (Å²) in [5, 5.41) is 0.868. The van der Waals surface area contributed by atoms with Gasteiger partial charge in [-0.05, 0) is 90.9 Å². The van der Waals surface area contributed by atoms with E-state index < -0.39 is 0 Å². The van der Waals surface area contributed by atoms with Gasteiger partial charge in [-0.2, -0.15) is 0 Å². The molecule has 6 rings (SSSR count). The van der Waals surface area contributed by atoms with E-state index in [0.29, 0.717) is 35.2 Å². The lowest BCUT2D eigenvalue weighted by Gasteiger charge is -2.32. The van der Waals surface area contributed by atoms with Crippen molar-refractivity contribution in [2.24, 2.45) is 5.92 Å². The molecule has 2 aromatic heterocycles. The molecule has 3 heterocycles. The van der Waals surface area contributed by atoms with Gasteiger partial charge in [0.15, 0.2) is 5.76 Å². The molecule has 0 atom stereocenters. The van der Waals surface area contributed by atoms with Crippen LogP contribution in [0, 0.1) is 18.7 Å². The van der Waals surface area contributed by atoms with Crippen LogP contribution in [0.1, 0.15) is 44.9 Å². The minimum atomic E-state index is -0.380. The number of aromatic nitrogens is 1. The van der Waals surface area contributed by atoms with Crippen molar-refractivity contribution in [3.05, 3.63) is 113 Å². The highest BCUT2D eigenvalue weighted by Gasteiger charge is 2.22. The summed E-state index contributed by atoms with van der Waals surface area (Å²) in [4.78, 5) is 31.9. The van der Waals surface area contributed by atoms with Gasteiger partial charge in [0.1, 0.15) is 23.0 Å². The van der Waals surface area contributed by atoms with Crippen LogP contribution in [0.4, 0.5) is 10.2 Å². The van der Waals surface area contributed by atoms with Gasteiger partial charge in [0.25, 0.3) is 0 Å². The lowest BCUT2D eigenvalue weighted by atomic mass is 9.97. The van der Waals surface area contributed by atoms with Gasteiger partial charge in [0, 0.05) is 36.7 Å². The van der Waals surface area contributed by atoms with Crippen LogP contribution < -0.4 is 9.64 Å². The van der Waals surface area contributed by atoms with E-state index in [1.54, 1.807) is 36.5 Å². The predicted molar refractivity (Wildman–Crippen MR) is 167 cm³/mol. The SMILES string of the molecule is COC(=O)c1cccc(OCC2CCN(c3ccc(CC(=O)c4oc5ccc(-c6ccc(F)cc6)cc5c4C)cn3)CC2)c1. The number of rotatable bonds is 9. The highest BCUT2D eigenvalue weighted by atomic mass is 19.1. The third-order valence-corrected chi connectivity index (χ3v) is 8.22. The number of piperidine rings is 1. The lowest BCUT2D eigenvalue weighted by Crippen LogP contribution is -2.36. The van der Waals surface area contributed by atoms with Crippen LogP contribution in [0.25, 0.3) is 22.1 Å². The average Bonchev–Trinajstić information content (AvgIpc) is 3.40. The number of benzene rings is 3. The predicted octanol–water partition coefficient (Wildman–Crippen LogP) is 7.45. The molecule has 0 N–H and O–H groups in total. The normalized spacial score (nSPS) is 13.7. The summed E-state index contributed by atoms with van der Waals surface area (Å²) in [6, 6.07) is 23.1. The van der Waals surface area contributed by atoms with Crippen LogP contribution in [0.3, 0.4) is 0 Å². The molecule has 0 bridgehead atoms. The Morgan fingerprint density at radius 1 is 0.977 bits per heavy atom. The number of Topliss-reactive ketones (excluding diaryl/α,β-unsaturated/α-hetero) is 1. The standard InChI is InChI=1S/C36H33FN2O5/c1-23-31-20-27(26-7-10-29(37)11-8-26)9-12-33(31)44-35(23)32(40)18-25-6-13-34(38-21-25)39-16-14-24(15-17-39)22-43-30-5-3-4-28(19-30)36(41)42-2/h3-13,19-21,24H,14-18,22H2,1-2H3. The van der Waals surface area contributed by atoms with Crippen molar-refractivity contribution in [1.82, 2.24) is 4.98 Å². The molecule has 0 aliphatic carbocycles. The first-order valence-corrected chi connectivity index (χ1v) is 14.7. The van der Waals surface area contributed by atoms with Crippen LogP contribution in [0.15, 0.2) is 89.5 Å². The molecule has 7 nitrogen and oxygen atoms in total. The number of pyridine rings is 1. The molecule has 1 fully saturated rings. The van der Waals surface area contributed by atoms with Gasteiger partial charge in [0.05, 0.1) is 19.3 Å². The third kappa shape index (κ3) is 6.34. The second-order valence-corrected chi connectivity index (χ2v) is 11.2. The Balaban J connectivity index is 1.04. The number of anilines is 1. The van der Waals surface area contributed by atoms with Crippen LogP contribution in [0.2, 0.25) is 0 Å². The molecule has 8 heteroatoms. The summed E-state index contributed by atoms with van der Waals surface area (Å²) in [6.07, 6.45) is 3.89. The minimum absolute atomic E-state index is 0.102. The maximum atomic E-state index is 13.4. The summed E-state index contributed by atoms with van der Waals surface area (Å²) < 4.78 is 30.1. The smallest absolute Gasteiger partial charge is 0.337 e. The largest absolute Gasteiger partial charge is 0.493 e. The Kier molecular flexibility index (Phi) is 8.41. The van der Waals surface area contributed by atoms with Gasteiger partial charge in [-0.15, -0.1) is 0 Å². The number of ether oxygens (including phenoxy) is 2. The summed E-state index contributed by atoms with van der Waals surface area (Å²) in [5.41, 5.74) is 4.56. The Labute approximate surface area is 255 Å². The molecule has 5 aromatic rings. The number of hydrogen-bond donors (Lipinski definition) is 0. The Morgan fingerprint density at radius 3 is 2.48 bits per heavy atom. The van der Waals surface area contributed by atoms with E-state index in [9.17, 15) is 14.0 Å². The van der Waals surface area contributed by atoms with Crippen molar-refractivity contribution in [3.8, 4) is 16.9 Å². The molecule has 0 unspecified atom stereocenters. The van der Waals surface area contributed by atoms with E-state index in [0.717, 1.165) is 59.4 Å². The number of nitrogens with zero attached hydrogens (tertiary/aromatic N) is 2. The first-order valence-electron chi connectivity index (χ1n) is 14.7. The van der Waals surface area contributed by atoms with Crippen molar-refractivity contribution >= 4 is 28.5 Å². The average molecular weight is 593 g/mol. The van der Waals surface area contributed by atoms with E-state index in [1.165, 1.54) is 19.2 Å². The number of furan rings is 1. The van der Waals surface area contributed by atoms with E-state index in [-0.39, 0.29) is 24.0 Å². The van der Waals surface area contributed by atoms with Gasteiger partial charge >= 0.3 is 5.97 Å². The molecule has 0 spiro atoms. The third-order valence-electron chi connectivity index (χ3n) is 8.22. The quantitative estimate of drug-likeness (QED) is 0.130. The maximum absolute atomic E-state index is 13.4. The first-order chi connectivity index (χ1) is 21.4. The number of ketones is 1. The van der Waals surface area contributed by atoms with Crippen molar-refractivity contribution in [2.45, 2.75) is 26.2 Å². The lowest BCUT2D eigenvalue weighted by molar-refractivity contribution is 0.0600. The second kappa shape index (κ2) is 12.7. The number of aryl methyl sites for hydroxylation is 1. The zero-order valence-corrected chi connectivity index (χ0v) is 24.7. The number of carbonyl (C=O) groups excluding carboxylic acids is 2. The van der Waals surface area contributed by atoms with Crippen molar-refractivity contribution in [1.29, 1.82) is 0 Å². The first kappa shape index (κ1) is 29.1. The number of halogens is 1. The summed E-state index contributed by atoms with van der Waals surface area (Å²) >= 11 is 0. The highest BCUT2D eigenvalue weighted by molar-refractivity contribution is 6.02. The van der Waals surface area contributed by atoms with Crippen LogP contribution >= 0.6 is 0 Å². The second-order valence-electron chi connectivity index (χ2n) is 11.2. The minimum Gasteiger partial charge on any atom is -0.493 e. The van der Waals surface area contributed by atoms with E-state index in [2.05, 4.69) is 9.88 Å². The molecule has 1 aliphatic rings. The molecule has 1 aliphatic heterocycles. The Hall–Kier alpha value is -4.98. The number of esters is 1. The molecular weight excluding hydrogens is 559 g/mol. The van der Waals surface area contributed by atoms with Crippen molar-refractivity contribution in [3.63, 3.8) is 0 Å². The van der Waals surface area contributed by atoms with Gasteiger partial charge in [0.2, 0.25) is 5.78 Å². The number of hydrogen-bond acceptors (Lipinski definition) is 7. The molecule has 44 heavy (non-hydrogen) atoms. The number of carbonyl (C=O) groups is 2. The van der Waals surface area contributed by atoms with Crippen LogP contribution in [-0.2, 0) is 11.2 Å². The topological polar surface area (TPSA) is 81.9 Å². The van der Waals surface area contributed by atoms with E-state index in [1.807, 2.05) is 43.3 Å². The molecule has 224 valence electrons. The zero-order valence-electron chi connectivity index (χ0n) is 24.7. The Morgan fingerprint density at radius 2 is 1.75 bits per heavy atom. The van der Waals surface area contributed by atoms with Gasteiger partial charge < -0.3 is 18.8 Å². The van der Waals surface area contributed by atoms with E-state index in [4.69, 9.17) is 13.9 Å². The summed E-state index contributed by atoms with van der Waals surface area (Å²) in [5.74, 6) is 1.54. The van der Waals surface area contributed by atoms with Gasteiger partial charge in [-0.3, -0.25) is 4.79 Å². The monoisotopic (exact) mass is 592 g/mol. The fourth-order valence-corrected chi connectivity index (χ4v) is 5.66.